The lowest BCUT2D eigenvalue weighted by Gasteiger charge is -2.31. The van der Waals surface area contributed by atoms with Crippen LogP contribution in [0.4, 0.5) is 4.39 Å². The summed E-state index contributed by atoms with van der Waals surface area (Å²) in [5.41, 5.74) is 1.57. The second-order valence-corrected chi connectivity index (χ2v) is 6.45. The first-order valence-corrected chi connectivity index (χ1v) is 8.52. The lowest BCUT2D eigenvalue weighted by atomic mass is 9.95. The summed E-state index contributed by atoms with van der Waals surface area (Å²) in [6, 6.07) is 12.1. The summed E-state index contributed by atoms with van der Waals surface area (Å²) in [6.07, 6.45) is 3.96. The molecule has 25 heavy (non-hydrogen) atoms. The first-order chi connectivity index (χ1) is 12.2. The van der Waals surface area contributed by atoms with E-state index in [2.05, 4.69) is 10.2 Å². The molecule has 1 fully saturated rings. The van der Waals surface area contributed by atoms with Crippen LogP contribution < -0.4 is 0 Å². The van der Waals surface area contributed by atoms with Crippen molar-refractivity contribution in [2.24, 2.45) is 0 Å². The largest absolute Gasteiger partial charge is 0.342 e. The molecular formula is C19H19FN4O. The molecule has 0 unspecified atom stereocenters. The van der Waals surface area contributed by atoms with Crippen LogP contribution in [0.5, 0.6) is 0 Å². The second kappa shape index (κ2) is 6.63. The average Bonchev–Trinajstić information content (AvgIpc) is 3.06. The molecule has 4 rings (SSSR count). The van der Waals surface area contributed by atoms with Crippen molar-refractivity contribution in [2.75, 3.05) is 13.1 Å². The Morgan fingerprint density at radius 2 is 1.96 bits per heavy atom. The quantitative estimate of drug-likeness (QED) is 0.738. The number of nitrogens with zero attached hydrogens (tertiary/aromatic N) is 4. The summed E-state index contributed by atoms with van der Waals surface area (Å²) in [5, 5.41) is 8.54. The smallest absolute Gasteiger partial charge is 0.226 e. The normalized spacial score (nSPS) is 15.6. The number of carbonyl (C=O) groups is 1. The van der Waals surface area contributed by atoms with Crippen LogP contribution in [0.2, 0.25) is 0 Å². The van der Waals surface area contributed by atoms with Gasteiger partial charge in [0.05, 0.1) is 6.42 Å². The van der Waals surface area contributed by atoms with Crippen molar-refractivity contribution >= 4 is 11.6 Å². The highest BCUT2D eigenvalue weighted by Gasteiger charge is 2.26. The molecule has 3 heterocycles. The van der Waals surface area contributed by atoms with Crippen LogP contribution in [-0.4, -0.2) is 38.5 Å². The maximum Gasteiger partial charge on any atom is 0.226 e. The molecular weight excluding hydrogens is 319 g/mol. The molecule has 2 aromatic heterocycles. The number of carbonyl (C=O) groups excluding carboxylic acids is 1. The SMILES string of the molecule is O=C(Cc1cccc(F)c1)N1CCC(c2nnc3ccccn23)CC1. The van der Waals surface area contributed by atoms with E-state index >= 15 is 0 Å². The third-order valence-corrected chi connectivity index (χ3v) is 4.80. The van der Waals surface area contributed by atoms with Gasteiger partial charge in [0.15, 0.2) is 5.65 Å². The highest BCUT2D eigenvalue weighted by molar-refractivity contribution is 5.78. The molecule has 1 saturated heterocycles. The molecule has 0 spiro atoms. The number of aromatic nitrogens is 3. The molecule has 0 bridgehead atoms. The van der Waals surface area contributed by atoms with Gasteiger partial charge in [-0.15, -0.1) is 10.2 Å². The summed E-state index contributed by atoms with van der Waals surface area (Å²) in [4.78, 5) is 14.3. The molecule has 0 radical (unpaired) electrons. The van der Waals surface area contributed by atoms with Crippen LogP contribution in [0.25, 0.3) is 5.65 Å². The Hall–Kier alpha value is -2.76. The minimum Gasteiger partial charge on any atom is -0.342 e. The van der Waals surface area contributed by atoms with E-state index in [1.165, 1.54) is 12.1 Å². The third-order valence-electron chi connectivity index (χ3n) is 4.80. The van der Waals surface area contributed by atoms with Gasteiger partial charge < -0.3 is 4.90 Å². The number of pyridine rings is 1. The number of piperidine rings is 1. The van der Waals surface area contributed by atoms with Gasteiger partial charge in [-0.1, -0.05) is 18.2 Å². The molecule has 128 valence electrons. The van der Waals surface area contributed by atoms with Gasteiger partial charge in [-0.25, -0.2) is 4.39 Å². The predicted octanol–water partition coefficient (Wildman–Crippen LogP) is 2.82. The first kappa shape index (κ1) is 15.7. The van der Waals surface area contributed by atoms with Crippen molar-refractivity contribution in [1.29, 1.82) is 0 Å². The predicted molar refractivity (Wildman–Crippen MR) is 91.6 cm³/mol. The average molecular weight is 338 g/mol. The van der Waals surface area contributed by atoms with Gasteiger partial charge in [-0.3, -0.25) is 9.20 Å². The Kier molecular flexibility index (Phi) is 4.17. The van der Waals surface area contributed by atoms with Gasteiger partial charge in [-0.05, 0) is 42.7 Å². The van der Waals surface area contributed by atoms with Crippen molar-refractivity contribution in [3.05, 3.63) is 65.9 Å². The van der Waals surface area contributed by atoms with Gasteiger partial charge >= 0.3 is 0 Å². The molecule has 0 N–H and O–H groups in total. The number of amides is 1. The number of likely N-dealkylation sites (tertiary alicyclic amines) is 1. The maximum absolute atomic E-state index is 13.3. The van der Waals surface area contributed by atoms with Crippen LogP contribution in [0.3, 0.4) is 0 Å². The van der Waals surface area contributed by atoms with Crippen LogP contribution in [0, 0.1) is 5.82 Å². The number of rotatable bonds is 3. The van der Waals surface area contributed by atoms with E-state index in [1.807, 2.05) is 33.7 Å². The fourth-order valence-corrected chi connectivity index (χ4v) is 3.46. The number of hydrogen-bond acceptors (Lipinski definition) is 3. The fraction of sp³-hybridized carbons (Fsp3) is 0.316. The van der Waals surface area contributed by atoms with E-state index in [0.29, 0.717) is 19.0 Å². The lowest BCUT2D eigenvalue weighted by Crippen LogP contribution is -2.39. The van der Waals surface area contributed by atoms with Gasteiger partial charge in [0.1, 0.15) is 11.6 Å². The van der Waals surface area contributed by atoms with Crippen molar-refractivity contribution in [3.63, 3.8) is 0 Å². The first-order valence-electron chi connectivity index (χ1n) is 8.52. The Balaban J connectivity index is 1.40. The van der Waals surface area contributed by atoms with E-state index in [-0.39, 0.29) is 18.1 Å². The van der Waals surface area contributed by atoms with Crippen LogP contribution in [0.1, 0.15) is 30.1 Å². The van der Waals surface area contributed by atoms with Gasteiger partial charge in [-0.2, -0.15) is 0 Å². The minimum absolute atomic E-state index is 0.0511. The monoisotopic (exact) mass is 338 g/mol. The fourth-order valence-electron chi connectivity index (χ4n) is 3.46. The molecule has 6 heteroatoms. The van der Waals surface area contributed by atoms with Crippen molar-refractivity contribution in [1.82, 2.24) is 19.5 Å². The molecule has 1 aliphatic heterocycles. The number of halogens is 1. The van der Waals surface area contributed by atoms with Crippen LogP contribution in [0.15, 0.2) is 48.7 Å². The summed E-state index contributed by atoms with van der Waals surface area (Å²) in [6.45, 7) is 1.39. The Bertz CT molecular complexity index is 899. The standard InChI is InChI=1S/C19H19FN4O/c20-16-5-3-4-14(12-16)13-18(25)23-10-7-15(8-11-23)19-22-21-17-6-1-2-9-24(17)19/h1-6,9,12,15H,7-8,10-11,13H2. The van der Waals surface area contributed by atoms with E-state index in [9.17, 15) is 9.18 Å². The summed E-state index contributed by atoms with van der Waals surface area (Å²) >= 11 is 0. The summed E-state index contributed by atoms with van der Waals surface area (Å²) in [5.74, 6) is 1.02. The molecule has 1 aromatic carbocycles. The second-order valence-electron chi connectivity index (χ2n) is 6.45. The topological polar surface area (TPSA) is 50.5 Å². The zero-order valence-electron chi connectivity index (χ0n) is 13.8. The van der Waals surface area contributed by atoms with Crippen LogP contribution in [-0.2, 0) is 11.2 Å². The molecule has 3 aromatic rings. The third kappa shape index (κ3) is 3.24. The molecule has 1 amide bonds. The Morgan fingerprint density at radius 3 is 2.76 bits per heavy atom. The van der Waals surface area contributed by atoms with Gasteiger partial charge in [0, 0.05) is 25.2 Å². The van der Waals surface area contributed by atoms with Crippen LogP contribution >= 0.6 is 0 Å². The maximum atomic E-state index is 13.3. The van der Waals surface area contributed by atoms with Crippen molar-refractivity contribution in [2.45, 2.75) is 25.2 Å². The highest BCUT2D eigenvalue weighted by atomic mass is 19.1. The molecule has 5 nitrogen and oxygen atoms in total. The van der Waals surface area contributed by atoms with E-state index < -0.39 is 0 Å². The molecule has 0 atom stereocenters. The van der Waals surface area contributed by atoms with Gasteiger partial charge in [0.2, 0.25) is 5.91 Å². The number of hydrogen-bond donors (Lipinski definition) is 0. The number of fused-ring (bicyclic) bond motifs is 1. The zero-order chi connectivity index (χ0) is 17.2. The van der Waals surface area contributed by atoms with E-state index in [0.717, 1.165) is 29.9 Å². The van der Waals surface area contributed by atoms with Gasteiger partial charge in [0.25, 0.3) is 0 Å². The lowest BCUT2D eigenvalue weighted by molar-refractivity contribution is -0.131. The molecule has 0 aliphatic carbocycles. The molecule has 1 aliphatic rings. The summed E-state index contributed by atoms with van der Waals surface area (Å²) < 4.78 is 15.3. The van der Waals surface area contributed by atoms with Crippen molar-refractivity contribution < 1.29 is 9.18 Å². The Labute approximate surface area is 145 Å². The minimum atomic E-state index is -0.303. The van der Waals surface area contributed by atoms with E-state index in [1.54, 1.807) is 12.1 Å². The summed E-state index contributed by atoms with van der Waals surface area (Å²) in [7, 11) is 0. The van der Waals surface area contributed by atoms with Crippen molar-refractivity contribution in [3.8, 4) is 0 Å². The highest BCUT2D eigenvalue weighted by Crippen LogP contribution is 2.27. The number of benzene rings is 1. The Morgan fingerprint density at radius 1 is 1.12 bits per heavy atom. The van der Waals surface area contributed by atoms with E-state index in [4.69, 9.17) is 0 Å². The zero-order valence-corrected chi connectivity index (χ0v) is 13.8. The molecule has 0 saturated carbocycles.